The van der Waals surface area contributed by atoms with Gasteiger partial charge in [0, 0.05) is 24.1 Å². The molecule has 0 radical (unpaired) electrons. The Morgan fingerprint density at radius 1 is 1.24 bits per heavy atom. The number of ketones is 1. The van der Waals surface area contributed by atoms with Crippen LogP contribution in [0.3, 0.4) is 0 Å². The topological polar surface area (TPSA) is 72.9 Å². The number of esters is 1. The van der Waals surface area contributed by atoms with Crippen molar-refractivity contribution < 1.29 is 23.9 Å². The van der Waals surface area contributed by atoms with Gasteiger partial charge in [-0.2, -0.15) is 0 Å². The van der Waals surface area contributed by atoms with Gasteiger partial charge in [0.1, 0.15) is 5.54 Å². The number of halogens is 1. The summed E-state index contributed by atoms with van der Waals surface area (Å²) in [5, 5.41) is 0.419. The summed E-state index contributed by atoms with van der Waals surface area (Å²) in [4.78, 5) is 38.0. The zero-order valence-corrected chi connectivity index (χ0v) is 15.2. The van der Waals surface area contributed by atoms with Gasteiger partial charge in [0.15, 0.2) is 12.4 Å². The summed E-state index contributed by atoms with van der Waals surface area (Å²) in [6, 6.07) is 6.99. The number of carbonyl (C=O) groups is 3. The molecule has 1 amide bonds. The van der Waals surface area contributed by atoms with E-state index in [4.69, 9.17) is 21.1 Å². The first-order valence-electron chi connectivity index (χ1n) is 8.28. The third kappa shape index (κ3) is 3.95. The first-order chi connectivity index (χ1) is 11.9. The van der Waals surface area contributed by atoms with Gasteiger partial charge >= 0.3 is 12.1 Å². The highest BCUT2D eigenvalue weighted by Crippen LogP contribution is 2.42. The Morgan fingerprint density at radius 3 is 2.60 bits per heavy atom. The molecule has 0 spiro atoms. The second-order valence-electron chi connectivity index (χ2n) is 5.89. The Labute approximate surface area is 152 Å². The van der Waals surface area contributed by atoms with Crippen LogP contribution < -0.4 is 0 Å². The maximum atomic E-state index is 12.9. The lowest BCUT2D eigenvalue weighted by Gasteiger charge is -2.43. The first kappa shape index (κ1) is 19.2. The van der Waals surface area contributed by atoms with Crippen LogP contribution in [-0.4, -0.2) is 43.0 Å². The summed E-state index contributed by atoms with van der Waals surface area (Å²) in [6.07, 6.45) is 1.62. The fourth-order valence-corrected chi connectivity index (χ4v) is 3.50. The van der Waals surface area contributed by atoms with E-state index in [-0.39, 0.29) is 12.4 Å². The minimum atomic E-state index is -1.18. The van der Waals surface area contributed by atoms with E-state index in [9.17, 15) is 14.4 Å². The standard InChI is InChI=1S/C18H22ClNO5/c1-3-24-16(22)12-25-17(23)20(2)18(11-7-6-10-15(18)21)13-8-4-5-9-14(13)19/h4-5,8-9H,3,6-7,10-12H2,1-2H3/t18-/m0/s1. The number of carbonyl (C=O) groups excluding carboxylic acids is 3. The van der Waals surface area contributed by atoms with Crippen molar-refractivity contribution in [3.05, 3.63) is 34.9 Å². The average Bonchev–Trinajstić information content (AvgIpc) is 2.60. The number of likely N-dealkylation sites (N-methyl/N-ethyl adjacent to an activating group) is 1. The largest absolute Gasteiger partial charge is 0.463 e. The van der Waals surface area contributed by atoms with Crippen LogP contribution >= 0.6 is 11.6 Å². The van der Waals surface area contributed by atoms with Gasteiger partial charge in [0.05, 0.1) is 6.61 Å². The Morgan fingerprint density at radius 2 is 1.96 bits per heavy atom. The summed E-state index contributed by atoms with van der Waals surface area (Å²) >= 11 is 6.32. The van der Waals surface area contributed by atoms with Crippen LogP contribution in [0.2, 0.25) is 5.02 Å². The number of hydrogen-bond acceptors (Lipinski definition) is 5. The summed E-state index contributed by atoms with van der Waals surface area (Å²) in [6.45, 7) is 1.37. The van der Waals surface area contributed by atoms with Gasteiger partial charge in [-0.05, 0) is 32.3 Å². The van der Waals surface area contributed by atoms with E-state index in [1.165, 1.54) is 11.9 Å². The average molecular weight is 368 g/mol. The second kappa shape index (κ2) is 8.34. The molecule has 1 fully saturated rings. The van der Waals surface area contributed by atoms with Crippen LogP contribution in [0, 0.1) is 0 Å². The van der Waals surface area contributed by atoms with E-state index in [0.29, 0.717) is 23.4 Å². The van der Waals surface area contributed by atoms with Crippen molar-refractivity contribution in [2.75, 3.05) is 20.3 Å². The molecule has 1 atom stereocenters. The van der Waals surface area contributed by atoms with E-state index in [2.05, 4.69) is 0 Å². The summed E-state index contributed by atoms with van der Waals surface area (Å²) in [7, 11) is 1.50. The first-order valence-corrected chi connectivity index (χ1v) is 8.65. The lowest BCUT2D eigenvalue weighted by molar-refractivity contribution is -0.147. The van der Waals surface area contributed by atoms with E-state index in [1.807, 2.05) is 0 Å². The SMILES string of the molecule is CCOC(=O)COC(=O)N(C)[C@]1(c2ccccc2Cl)CCCCC1=O. The normalized spacial score (nSPS) is 20.0. The molecule has 0 saturated heterocycles. The molecule has 136 valence electrons. The molecule has 0 N–H and O–H groups in total. The molecule has 1 aliphatic carbocycles. The molecule has 0 aliphatic heterocycles. The van der Waals surface area contributed by atoms with Crippen LogP contribution in [0.1, 0.15) is 38.2 Å². The quantitative estimate of drug-likeness (QED) is 0.746. The number of nitrogens with zero attached hydrogens (tertiary/aromatic N) is 1. The highest BCUT2D eigenvalue weighted by Gasteiger charge is 2.48. The van der Waals surface area contributed by atoms with Crippen molar-refractivity contribution in [3.8, 4) is 0 Å². The fraction of sp³-hybridized carbons (Fsp3) is 0.500. The predicted octanol–water partition coefficient (Wildman–Crippen LogP) is 3.31. The van der Waals surface area contributed by atoms with E-state index in [0.717, 1.165) is 12.8 Å². The minimum Gasteiger partial charge on any atom is -0.463 e. The van der Waals surface area contributed by atoms with E-state index >= 15 is 0 Å². The van der Waals surface area contributed by atoms with Crippen LogP contribution in [0.5, 0.6) is 0 Å². The number of Topliss-reactive ketones (excluding diaryl/α,β-unsaturated/α-hetero) is 1. The number of benzene rings is 1. The highest BCUT2D eigenvalue weighted by atomic mass is 35.5. The zero-order valence-electron chi connectivity index (χ0n) is 14.4. The molecule has 25 heavy (non-hydrogen) atoms. The maximum absolute atomic E-state index is 12.9. The van der Waals surface area contributed by atoms with Crippen molar-refractivity contribution in [1.29, 1.82) is 0 Å². The second-order valence-corrected chi connectivity index (χ2v) is 6.30. The number of rotatable bonds is 5. The van der Waals surface area contributed by atoms with Crippen molar-refractivity contribution in [3.63, 3.8) is 0 Å². The summed E-state index contributed by atoms with van der Waals surface area (Å²) in [5.41, 5.74) is -0.598. The molecule has 2 rings (SSSR count). The van der Waals surface area contributed by atoms with Gasteiger partial charge in [-0.1, -0.05) is 29.8 Å². The summed E-state index contributed by atoms with van der Waals surface area (Å²) in [5.74, 6) is -0.714. The fourth-order valence-electron chi connectivity index (χ4n) is 3.21. The molecule has 1 saturated carbocycles. The maximum Gasteiger partial charge on any atom is 0.411 e. The molecule has 0 bridgehead atoms. The van der Waals surface area contributed by atoms with Gasteiger partial charge in [-0.3, -0.25) is 9.69 Å². The Kier molecular flexibility index (Phi) is 6.42. The molecule has 0 unspecified atom stereocenters. The Bertz CT molecular complexity index is 663. The molecule has 1 aromatic rings. The van der Waals surface area contributed by atoms with Crippen molar-refractivity contribution >= 4 is 29.4 Å². The van der Waals surface area contributed by atoms with Crippen LogP contribution in [0.15, 0.2) is 24.3 Å². The van der Waals surface area contributed by atoms with Crippen LogP contribution in [0.4, 0.5) is 4.79 Å². The van der Waals surface area contributed by atoms with Gasteiger partial charge in [-0.25, -0.2) is 9.59 Å². The predicted molar refractivity (Wildman–Crippen MR) is 92.3 cm³/mol. The molecular weight excluding hydrogens is 346 g/mol. The van der Waals surface area contributed by atoms with Crippen molar-refractivity contribution in [2.45, 2.75) is 38.1 Å². The third-order valence-corrected chi connectivity index (χ3v) is 4.77. The van der Waals surface area contributed by atoms with Gasteiger partial charge in [0.25, 0.3) is 0 Å². The Balaban J connectivity index is 2.30. The molecule has 6 nitrogen and oxygen atoms in total. The monoisotopic (exact) mass is 367 g/mol. The highest BCUT2D eigenvalue weighted by molar-refractivity contribution is 6.31. The Hall–Kier alpha value is -2.08. The molecule has 1 aromatic carbocycles. The third-order valence-electron chi connectivity index (χ3n) is 4.44. The molecule has 0 heterocycles. The van der Waals surface area contributed by atoms with E-state index in [1.54, 1.807) is 31.2 Å². The lowest BCUT2D eigenvalue weighted by atomic mass is 9.74. The molecule has 1 aliphatic rings. The van der Waals surface area contributed by atoms with Crippen LogP contribution in [-0.2, 0) is 24.6 Å². The number of amides is 1. The molecule has 7 heteroatoms. The van der Waals surface area contributed by atoms with Crippen molar-refractivity contribution in [2.24, 2.45) is 0 Å². The number of ether oxygens (including phenoxy) is 2. The summed E-state index contributed by atoms with van der Waals surface area (Å²) < 4.78 is 9.77. The minimum absolute atomic E-state index is 0.0811. The lowest BCUT2D eigenvalue weighted by Crippen LogP contribution is -2.54. The zero-order chi connectivity index (χ0) is 18.4. The van der Waals surface area contributed by atoms with Crippen LogP contribution in [0.25, 0.3) is 0 Å². The van der Waals surface area contributed by atoms with Gasteiger partial charge < -0.3 is 9.47 Å². The van der Waals surface area contributed by atoms with Crippen molar-refractivity contribution in [1.82, 2.24) is 4.90 Å². The molecular formula is C18H22ClNO5. The van der Waals surface area contributed by atoms with Gasteiger partial charge in [-0.15, -0.1) is 0 Å². The van der Waals surface area contributed by atoms with Gasteiger partial charge in [0.2, 0.25) is 0 Å². The number of hydrogen-bond donors (Lipinski definition) is 0. The van der Waals surface area contributed by atoms with E-state index < -0.39 is 24.2 Å². The molecule has 0 aromatic heterocycles. The smallest absolute Gasteiger partial charge is 0.411 e.